The molecule has 0 unspecified atom stereocenters. The summed E-state index contributed by atoms with van der Waals surface area (Å²) in [4.78, 5) is 4.24. The second kappa shape index (κ2) is 12.4. The third kappa shape index (κ3) is 11.5. The molecule has 0 aromatic heterocycles. The number of guanidine groups is 1. The Balaban J connectivity index is 0.00000441. The number of ether oxygens (including phenoxy) is 1. The third-order valence-electron chi connectivity index (χ3n) is 3.74. The van der Waals surface area contributed by atoms with Crippen molar-refractivity contribution < 1.29 is 4.74 Å². The number of nitrogens with one attached hydrogen (secondary N) is 2. The summed E-state index contributed by atoms with van der Waals surface area (Å²) in [6.07, 6.45) is 10.8. The van der Waals surface area contributed by atoms with E-state index >= 15 is 0 Å². The van der Waals surface area contributed by atoms with Crippen molar-refractivity contribution in [3.63, 3.8) is 0 Å². The maximum Gasteiger partial charge on any atom is 0.191 e. The fourth-order valence-corrected chi connectivity index (χ4v) is 2.63. The van der Waals surface area contributed by atoms with Crippen LogP contribution < -0.4 is 10.6 Å². The van der Waals surface area contributed by atoms with Crippen molar-refractivity contribution in [3.05, 3.63) is 0 Å². The standard InChI is InChI=1S/C17H35N3O.HI/c1-17(2,3)20-16(18-4)19-13-9-6-10-14-21-15-11-7-5-8-12-15;/h15H,5-14H2,1-4H3,(H2,18,19,20);1H. The summed E-state index contributed by atoms with van der Waals surface area (Å²) < 4.78 is 5.94. The van der Waals surface area contributed by atoms with Crippen molar-refractivity contribution in [2.75, 3.05) is 20.2 Å². The molecule has 5 heteroatoms. The van der Waals surface area contributed by atoms with E-state index in [1.807, 2.05) is 7.05 Å². The van der Waals surface area contributed by atoms with Gasteiger partial charge < -0.3 is 15.4 Å². The van der Waals surface area contributed by atoms with Crippen molar-refractivity contribution in [2.45, 2.75) is 83.8 Å². The molecule has 0 bridgehead atoms. The first-order valence-corrected chi connectivity index (χ1v) is 8.62. The molecule has 1 fully saturated rings. The predicted octanol–water partition coefficient (Wildman–Crippen LogP) is 4.09. The van der Waals surface area contributed by atoms with Crippen LogP contribution in [0.1, 0.15) is 72.1 Å². The van der Waals surface area contributed by atoms with Gasteiger partial charge in [0.1, 0.15) is 0 Å². The molecule has 4 nitrogen and oxygen atoms in total. The van der Waals surface area contributed by atoms with Gasteiger partial charge in [0.25, 0.3) is 0 Å². The minimum absolute atomic E-state index is 0. The summed E-state index contributed by atoms with van der Waals surface area (Å²) in [5.41, 5.74) is 0.0513. The number of nitrogens with zero attached hydrogens (tertiary/aromatic N) is 1. The van der Waals surface area contributed by atoms with Crippen LogP contribution in [0.25, 0.3) is 0 Å². The average Bonchev–Trinajstić information content (AvgIpc) is 2.45. The summed E-state index contributed by atoms with van der Waals surface area (Å²) in [7, 11) is 1.82. The van der Waals surface area contributed by atoms with Gasteiger partial charge in [0.05, 0.1) is 6.10 Å². The Bertz CT molecular complexity index is 297. The summed E-state index contributed by atoms with van der Waals surface area (Å²) >= 11 is 0. The van der Waals surface area contributed by atoms with Crippen LogP contribution in [0.15, 0.2) is 4.99 Å². The summed E-state index contributed by atoms with van der Waals surface area (Å²) in [5, 5.41) is 6.73. The molecule has 0 spiro atoms. The van der Waals surface area contributed by atoms with E-state index in [9.17, 15) is 0 Å². The summed E-state index contributed by atoms with van der Waals surface area (Å²) in [6, 6.07) is 0. The van der Waals surface area contributed by atoms with E-state index in [2.05, 4.69) is 36.4 Å². The van der Waals surface area contributed by atoms with E-state index in [0.717, 1.165) is 19.1 Å². The number of halogens is 1. The second-order valence-corrected chi connectivity index (χ2v) is 7.07. The van der Waals surface area contributed by atoms with Gasteiger partial charge in [-0.05, 0) is 52.9 Å². The van der Waals surface area contributed by atoms with E-state index in [1.54, 1.807) is 0 Å². The Morgan fingerprint density at radius 2 is 1.77 bits per heavy atom. The van der Waals surface area contributed by atoms with Gasteiger partial charge in [-0.2, -0.15) is 0 Å². The van der Waals surface area contributed by atoms with Crippen LogP contribution in [0.4, 0.5) is 0 Å². The van der Waals surface area contributed by atoms with Gasteiger partial charge in [-0.15, -0.1) is 24.0 Å². The van der Waals surface area contributed by atoms with E-state index in [4.69, 9.17) is 4.74 Å². The molecule has 1 saturated carbocycles. The zero-order valence-corrected chi connectivity index (χ0v) is 17.2. The van der Waals surface area contributed by atoms with Gasteiger partial charge in [-0.3, -0.25) is 4.99 Å². The van der Waals surface area contributed by atoms with Gasteiger partial charge in [-0.25, -0.2) is 0 Å². The zero-order chi connectivity index (χ0) is 15.6. The number of hydrogen-bond acceptors (Lipinski definition) is 2. The molecule has 0 saturated heterocycles. The lowest BCUT2D eigenvalue weighted by Crippen LogP contribution is -2.47. The molecule has 1 aliphatic carbocycles. The smallest absolute Gasteiger partial charge is 0.191 e. The van der Waals surface area contributed by atoms with E-state index < -0.39 is 0 Å². The largest absolute Gasteiger partial charge is 0.378 e. The van der Waals surface area contributed by atoms with Gasteiger partial charge in [0, 0.05) is 25.7 Å². The van der Waals surface area contributed by atoms with Crippen LogP contribution in [-0.4, -0.2) is 37.8 Å². The average molecular weight is 425 g/mol. The van der Waals surface area contributed by atoms with Crippen LogP contribution in [-0.2, 0) is 4.74 Å². The lowest BCUT2D eigenvalue weighted by Gasteiger charge is -2.23. The maximum absolute atomic E-state index is 5.94. The first-order chi connectivity index (χ1) is 10.0. The molecule has 0 aromatic rings. The monoisotopic (exact) mass is 425 g/mol. The van der Waals surface area contributed by atoms with Crippen molar-refractivity contribution in [1.29, 1.82) is 0 Å². The van der Waals surface area contributed by atoms with Crippen LogP contribution in [0.3, 0.4) is 0 Å². The Kier molecular flexibility index (Phi) is 12.4. The lowest BCUT2D eigenvalue weighted by molar-refractivity contribution is 0.0264. The fraction of sp³-hybridized carbons (Fsp3) is 0.941. The second-order valence-electron chi connectivity index (χ2n) is 7.07. The first kappa shape index (κ1) is 22.0. The molecule has 0 amide bonds. The van der Waals surface area contributed by atoms with Gasteiger partial charge >= 0.3 is 0 Å². The molecule has 1 aliphatic rings. The molecule has 2 N–H and O–H groups in total. The summed E-state index contributed by atoms with van der Waals surface area (Å²) in [6.45, 7) is 8.33. The third-order valence-corrected chi connectivity index (χ3v) is 3.74. The number of rotatable bonds is 7. The van der Waals surface area contributed by atoms with Crippen LogP contribution in [0, 0.1) is 0 Å². The number of unbranched alkanes of at least 4 members (excludes halogenated alkanes) is 2. The van der Waals surface area contributed by atoms with E-state index in [1.165, 1.54) is 51.4 Å². The Morgan fingerprint density at radius 3 is 2.36 bits per heavy atom. The van der Waals surface area contributed by atoms with Crippen molar-refractivity contribution >= 4 is 29.9 Å². The highest BCUT2D eigenvalue weighted by molar-refractivity contribution is 14.0. The topological polar surface area (TPSA) is 45.7 Å². The summed E-state index contributed by atoms with van der Waals surface area (Å²) in [5.74, 6) is 0.890. The first-order valence-electron chi connectivity index (χ1n) is 8.62. The lowest BCUT2D eigenvalue weighted by atomic mass is 9.98. The predicted molar refractivity (Wildman–Crippen MR) is 106 cm³/mol. The Labute approximate surface area is 154 Å². The molecule has 0 aromatic carbocycles. The van der Waals surface area contributed by atoms with Gasteiger partial charge in [0.2, 0.25) is 0 Å². The quantitative estimate of drug-likeness (QED) is 0.280. The molecule has 0 heterocycles. The van der Waals surface area contributed by atoms with E-state index in [0.29, 0.717) is 6.10 Å². The molecular weight excluding hydrogens is 389 g/mol. The molecule has 0 atom stereocenters. The van der Waals surface area contributed by atoms with Gasteiger partial charge in [0.15, 0.2) is 5.96 Å². The molecule has 0 radical (unpaired) electrons. The minimum Gasteiger partial charge on any atom is -0.378 e. The molecule has 0 aliphatic heterocycles. The fourth-order valence-electron chi connectivity index (χ4n) is 2.63. The molecule has 22 heavy (non-hydrogen) atoms. The van der Waals surface area contributed by atoms with Crippen LogP contribution >= 0.6 is 24.0 Å². The maximum atomic E-state index is 5.94. The molecule has 132 valence electrons. The Morgan fingerprint density at radius 1 is 1.09 bits per heavy atom. The van der Waals surface area contributed by atoms with Crippen LogP contribution in [0.2, 0.25) is 0 Å². The van der Waals surface area contributed by atoms with Gasteiger partial charge in [-0.1, -0.05) is 19.3 Å². The number of aliphatic imine (C=N–C) groups is 1. The van der Waals surface area contributed by atoms with Crippen molar-refractivity contribution in [2.24, 2.45) is 4.99 Å². The Hall–Kier alpha value is -0.0400. The van der Waals surface area contributed by atoms with E-state index in [-0.39, 0.29) is 29.5 Å². The zero-order valence-electron chi connectivity index (χ0n) is 14.9. The highest BCUT2D eigenvalue weighted by atomic mass is 127. The van der Waals surface area contributed by atoms with Crippen molar-refractivity contribution in [1.82, 2.24) is 10.6 Å². The molecule has 1 rings (SSSR count). The highest BCUT2D eigenvalue weighted by Gasteiger charge is 2.13. The minimum atomic E-state index is 0. The normalized spacial score (nSPS) is 17.0. The molecular formula is C17H36IN3O. The number of hydrogen-bond donors (Lipinski definition) is 2. The highest BCUT2D eigenvalue weighted by Crippen LogP contribution is 2.20. The SMILES string of the molecule is CN=C(NCCCCCOC1CCCCC1)NC(C)(C)C.I. The van der Waals surface area contributed by atoms with Crippen molar-refractivity contribution in [3.8, 4) is 0 Å². The van der Waals surface area contributed by atoms with Crippen LogP contribution in [0.5, 0.6) is 0 Å².